The normalized spacial score (nSPS) is 11.6. The Hall–Kier alpha value is -5.93. The third-order valence-corrected chi connectivity index (χ3v) is 8.70. The monoisotopic (exact) mass is 559 g/mol. The molecule has 0 radical (unpaired) electrons. The van der Waals surface area contributed by atoms with Crippen molar-refractivity contribution in [1.82, 2.24) is 15.0 Å². The summed E-state index contributed by atoms with van der Waals surface area (Å²) in [6.45, 7) is 0. The molecule has 44 heavy (non-hydrogen) atoms. The summed E-state index contributed by atoms with van der Waals surface area (Å²) in [5.74, 6) is 1.98. The second-order valence-electron chi connectivity index (χ2n) is 11.2. The first-order chi connectivity index (χ1) is 21.8. The molecule has 9 aromatic rings. The summed E-state index contributed by atoms with van der Waals surface area (Å²) in [6, 6.07) is 53.4. The fraction of sp³-hybridized carbons (Fsp3) is 0. The lowest BCUT2D eigenvalue weighted by atomic mass is 9.95. The first-order valence-electron chi connectivity index (χ1n) is 14.9. The van der Waals surface area contributed by atoms with Crippen LogP contribution in [-0.4, -0.2) is 15.0 Å². The smallest absolute Gasteiger partial charge is 0.164 e. The van der Waals surface area contributed by atoms with Crippen molar-refractivity contribution in [3.8, 4) is 34.2 Å². The molecule has 8 aromatic carbocycles. The highest BCUT2D eigenvalue weighted by Crippen LogP contribution is 2.36. The topological polar surface area (TPSA) is 38.7 Å². The van der Waals surface area contributed by atoms with Crippen LogP contribution in [0.15, 0.2) is 152 Å². The number of aromatic nitrogens is 3. The third-order valence-electron chi connectivity index (χ3n) is 8.70. The lowest BCUT2D eigenvalue weighted by Gasteiger charge is -2.13. The Balaban J connectivity index is 1.29. The van der Waals surface area contributed by atoms with Gasteiger partial charge in [0.1, 0.15) is 0 Å². The van der Waals surface area contributed by atoms with Gasteiger partial charge in [0.15, 0.2) is 17.5 Å². The highest BCUT2D eigenvalue weighted by molar-refractivity contribution is 6.19. The molecule has 0 amide bonds. The van der Waals surface area contributed by atoms with Crippen LogP contribution < -0.4 is 0 Å². The first kappa shape index (κ1) is 24.6. The van der Waals surface area contributed by atoms with Crippen LogP contribution in [0.5, 0.6) is 0 Å². The third kappa shape index (κ3) is 3.94. The fourth-order valence-corrected chi connectivity index (χ4v) is 6.53. The van der Waals surface area contributed by atoms with Crippen LogP contribution in [0.2, 0.25) is 0 Å². The molecular formula is C41H25N3. The van der Waals surface area contributed by atoms with E-state index in [4.69, 9.17) is 15.0 Å². The van der Waals surface area contributed by atoms with Crippen LogP contribution in [0.4, 0.5) is 0 Å². The van der Waals surface area contributed by atoms with Gasteiger partial charge in [-0.05, 0) is 59.9 Å². The molecular weight excluding hydrogens is 534 g/mol. The second-order valence-corrected chi connectivity index (χ2v) is 11.2. The Labute approximate surface area is 254 Å². The van der Waals surface area contributed by atoms with Crippen LogP contribution in [0.3, 0.4) is 0 Å². The molecule has 0 N–H and O–H groups in total. The van der Waals surface area contributed by atoms with Crippen molar-refractivity contribution in [3.05, 3.63) is 152 Å². The van der Waals surface area contributed by atoms with Crippen molar-refractivity contribution in [2.24, 2.45) is 0 Å². The molecule has 0 aliphatic rings. The molecule has 1 heterocycles. The quantitative estimate of drug-likeness (QED) is 0.202. The predicted molar refractivity (Wildman–Crippen MR) is 184 cm³/mol. The largest absolute Gasteiger partial charge is 0.208 e. The van der Waals surface area contributed by atoms with Gasteiger partial charge >= 0.3 is 0 Å². The zero-order valence-corrected chi connectivity index (χ0v) is 23.8. The lowest BCUT2D eigenvalue weighted by Crippen LogP contribution is -2.00. The SMILES string of the molecule is c1ccc(-c2nc(-c3ccc4ccc5ccccc5c4c3)nc(-c3cccc4c3ccc3c5ccccc5ccc43)n2)cc1. The van der Waals surface area contributed by atoms with E-state index in [-0.39, 0.29) is 0 Å². The van der Waals surface area contributed by atoms with E-state index in [2.05, 4.69) is 133 Å². The molecule has 0 bridgehead atoms. The molecule has 0 unspecified atom stereocenters. The Kier molecular flexibility index (Phi) is 5.50. The zero-order chi connectivity index (χ0) is 29.0. The van der Waals surface area contributed by atoms with Crippen molar-refractivity contribution in [2.45, 2.75) is 0 Å². The standard InChI is InChI=1S/C41H25N3/c1-2-11-29(12-3-1)39-42-40(30-20-19-28-18-17-26-9-5-7-14-32(26)38(28)25-30)44-41(43-39)37-16-8-15-33-35-22-21-27-10-4-6-13-31(27)34(35)23-24-36(33)37/h1-25H. The van der Waals surface area contributed by atoms with Crippen molar-refractivity contribution >= 4 is 53.9 Å². The number of fused-ring (bicyclic) bond motifs is 8. The van der Waals surface area contributed by atoms with E-state index in [1.165, 1.54) is 48.5 Å². The molecule has 0 saturated heterocycles. The lowest BCUT2D eigenvalue weighted by molar-refractivity contribution is 1.08. The average Bonchev–Trinajstić information content (AvgIpc) is 3.11. The molecule has 9 rings (SSSR count). The summed E-state index contributed by atoms with van der Waals surface area (Å²) in [7, 11) is 0. The Morgan fingerprint density at radius 1 is 0.273 bits per heavy atom. The Morgan fingerprint density at radius 3 is 1.57 bits per heavy atom. The first-order valence-corrected chi connectivity index (χ1v) is 14.9. The van der Waals surface area contributed by atoms with E-state index < -0.39 is 0 Å². The van der Waals surface area contributed by atoms with Gasteiger partial charge in [0.05, 0.1) is 0 Å². The van der Waals surface area contributed by atoms with Crippen molar-refractivity contribution in [3.63, 3.8) is 0 Å². The molecule has 0 aliphatic heterocycles. The predicted octanol–water partition coefficient (Wildman–Crippen LogP) is 10.6. The average molecular weight is 560 g/mol. The molecule has 3 heteroatoms. The van der Waals surface area contributed by atoms with E-state index in [1.807, 2.05) is 18.2 Å². The van der Waals surface area contributed by atoms with Gasteiger partial charge in [0, 0.05) is 16.7 Å². The molecule has 0 saturated carbocycles. The van der Waals surface area contributed by atoms with Crippen LogP contribution in [-0.2, 0) is 0 Å². The van der Waals surface area contributed by atoms with Crippen LogP contribution in [0.1, 0.15) is 0 Å². The maximum absolute atomic E-state index is 5.14. The number of benzene rings is 8. The molecule has 1 aromatic heterocycles. The van der Waals surface area contributed by atoms with Gasteiger partial charge in [-0.3, -0.25) is 0 Å². The highest BCUT2D eigenvalue weighted by Gasteiger charge is 2.16. The van der Waals surface area contributed by atoms with Crippen LogP contribution in [0, 0.1) is 0 Å². The number of hydrogen-bond acceptors (Lipinski definition) is 3. The van der Waals surface area contributed by atoms with Gasteiger partial charge < -0.3 is 0 Å². The van der Waals surface area contributed by atoms with E-state index in [0.29, 0.717) is 17.5 Å². The minimum atomic E-state index is 0.660. The minimum absolute atomic E-state index is 0.660. The summed E-state index contributed by atoms with van der Waals surface area (Å²) in [4.78, 5) is 15.2. The van der Waals surface area contributed by atoms with Crippen LogP contribution in [0.25, 0.3) is 88.0 Å². The summed E-state index contributed by atoms with van der Waals surface area (Å²) >= 11 is 0. The summed E-state index contributed by atoms with van der Waals surface area (Å²) in [5.41, 5.74) is 2.91. The number of nitrogens with zero attached hydrogens (tertiary/aromatic N) is 3. The van der Waals surface area contributed by atoms with E-state index in [9.17, 15) is 0 Å². The molecule has 0 spiro atoms. The van der Waals surface area contributed by atoms with Gasteiger partial charge in [-0.25, -0.2) is 15.0 Å². The molecule has 0 atom stereocenters. The maximum atomic E-state index is 5.14. The van der Waals surface area contributed by atoms with Crippen LogP contribution >= 0.6 is 0 Å². The number of hydrogen-bond donors (Lipinski definition) is 0. The van der Waals surface area contributed by atoms with Gasteiger partial charge in [-0.15, -0.1) is 0 Å². The maximum Gasteiger partial charge on any atom is 0.164 e. The van der Waals surface area contributed by atoms with Gasteiger partial charge in [-0.2, -0.15) is 0 Å². The molecule has 204 valence electrons. The summed E-state index contributed by atoms with van der Waals surface area (Å²) in [5, 5.41) is 12.1. The highest BCUT2D eigenvalue weighted by atomic mass is 15.0. The number of rotatable bonds is 3. The Bertz CT molecular complexity index is 2550. The minimum Gasteiger partial charge on any atom is -0.208 e. The van der Waals surface area contributed by atoms with E-state index in [0.717, 1.165) is 22.1 Å². The summed E-state index contributed by atoms with van der Waals surface area (Å²) in [6.07, 6.45) is 0. The van der Waals surface area contributed by atoms with E-state index in [1.54, 1.807) is 0 Å². The zero-order valence-electron chi connectivity index (χ0n) is 23.8. The molecule has 3 nitrogen and oxygen atoms in total. The van der Waals surface area contributed by atoms with E-state index >= 15 is 0 Å². The molecule has 0 aliphatic carbocycles. The summed E-state index contributed by atoms with van der Waals surface area (Å²) < 4.78 is 0. The second kappa shape index (κ2) is 9.82. The van der Waals surface area contributed by atoms with Crippen molar-refractivity contribution in [1.29, 1.82) is 0 Å². The van der Waals surface area contributed by atoms with Gasteiger partial charge in [0.25, 0.3) is 0 Å². The Morgan fingerprint density at radius 2 is 0.773 bits per heavy atom. The van der Waals surface area contributed by atoms with Gasteiger partial charge in [0.2, 0.25) is 0 Å². The molecule has 0 fully saturated rings. The van der Waals surface area contributed by atoms with Crippen molar-refractivity contribution < 1.29 is 0 Å². The van der Waals surface area contributed by atoms with Gasteiger partial charge in [-0.1, -0.05) is 146 Å². The van der Waals surface area contributed by atoms with Crippen molar-refractivity contribution in [2.75, 3.05) is 0 Å². The fourth-order valence-electron chi connectivity index (χ4n) is 6.53.